The van der Waals surface area contributed by atoms with Gasteiger partial charge in [0, 0.05) is 19.6 Å². The Balaban J connectivity index is 1.44. The van der Waals surface area contributed by atoms with E-state index < -0.39 is 5.97 Å². The highest BCUT2D eigenvalue weighted by Gasteiger charge is 2.23. The van der Waals surface area contributed by atoms with Crippen LogP contribution in [0.3, 0.4) is 0 Å². The maximum atomic E-state index is 12.3. The van der Waals surface area contributed by atoms with E-state index in [1.54, 1.807) is 4.90 Å². The Morgan fingerprint density at radius 2 is 2.24 bits per heavy atom. The molecule has 1 N–H and O–H groups in total. The third-order valence-electron chi connectivity index (χ3n) is 4.60. The number of hydrogen-bond donors (Lipinski definition) is 1. The van der Waals surface area contributed by atoms with Gasteiger partial charge in [0.25, 0.3) is 0 Å². The second-order valence-corrected chi connectivity index (χ2v) is 6.56. The van der Waals surface area contributed by atoms with E-state index in [0.717, 1.165) is 37.3 Å². The van der Waals surface area contributed by atoms with Crippen molar-refractivity contribution in [3.8, 4) is 0 Å². The molecular formula is C17H25N3O5. The molecule has 1 aromatic heterocycles. The van der Waals surface area contributed by atoms with Gasteiger partial charge < -0.3 is 19.5 Å². The topological polar surface area (TPSA) is 93.9 Å². The molecule has 1 unspecified atom stereocenters. The maximum Gasteiger partial charge on any atom is 0.303 e. The van der Waals surface area contributed by atoms with E-state index in [9.17, 15) is 9.59 Å². The lowest BCUT2D eigenvalue weighted by atomic mass is 10.1. The first-order valence-electron chi connectivity index (χ1n) is 8.86. The molecule has 1 fully saturated rings. The molecule has 2 aliphatic rings. The van der Waals surface area contributed by atoms with E-state index in [-0.39, 0.29) is 25.0 Å². The van der Waals surface area contributed by atoms with Gasteiger partial charge in [-0.15, -0.1) is 0 Å². The van der Waals surface area contributed by atoms with Gasteiger partial charge >= 0.3 is 5.97 Å². The number of aromatic nitrogens is 2. The monoisotopic (exact) mass is 351 g/mol. The van der Waals surface area contributed by atoms with Crippen molar-refractivity contribution in [2.24, 2.45) is 0 Å². The van der Waals surface area contributed by atoms with Gasteiger partial charge in [0.15, 0.2) is 0 Å². The van der Waals surface area contributed by atoms with Crippen LogP contribution >= 0.6 is 0 Å². The Labute approximate surface area is 146 Å². The molecule has 1 amide bonds. The number of hydrogen-bond acceptors (Lipinski definition) is 5. The highest BCUT2D eigenvalue weighted by Crippen LogP contribution is 2.16. The summed E-state index contributed by atoms with van der Waals surface area (Å²) >= 11 is 0. The molecule has 8 heteroatoms. The number of nitrogens with zero attached hydrogens (tertiary/aromatic N) is 3. The lowest BCUT2D eigenvalue weighted by Crippen LogP contribution is -2.40. The number of carboxylic acids is 1. The molecule has 0 saturated carbocycles. The first-order chi connectivity index (χ1) is 12.1. The van der Waals surface area contributed by atoms with Gasteiger partial charge in [0.2, 0.25) is 5.91 Å². The first-order valence-corrected chi connectivity index (χ1v) is 8.86. The minimum absolute atomic E-state index is 0.0321. The summed E-state index contributed by atoms with van der Waals surface area (Å²) in [5.41, 5.74) is 1.70. The Morgan fingerprint density at radius 3 is 3.00 bits per heavy atom. The highest BCUT2D eigenvalue weighted by atomic mass is 16.5. The fourth-order valence-corrected chi connectivity index (χ4v) is 3.20. The molecule has 0 spiro atoms. The predicted molar refractivity (Wildman–Crippen MR) is 88.0 cm³/mol. The van der Waals surface area contributed by atoms with Gasteiger partial charge in [0.05, 0.1) is 43.6 Å². The average Bonchev–Trinajstić information content (AvgIpc) is 3.03. The van der Waals surface area contributed by atoms with Crippen LogP contribution in [0.25, 0.3) is 0 Å². The normalized spacial score (nSPS) is 20.3. The smallest absolute Gasteiger partial charge is 0.303 e. The van der Waals surface area contributed by atoms with Gasteiger partial charge in [0.1, 0.15) is 6.61 Å². The molecule has 138 valence electrons. The molecule has 1 atom stereocenters. The number of aryl methyl sites for hydroxylation is 1. The summed E-state index contributed by atoms with van der Waals surface area (Å²) in [6, 6.07) is 1.89. The Hall–Kier alpha value is -1.93. The molecule has 8 nitrogen and oxygen atoms in total. The molecule has 0 radical (unpaired) electrons. The Bertz CT molecular complexity index is 609. The van der Waals surface area contributed by atoms with Crippen LogP contribution in [0, 0.1) is 0 Å². The lowest BCUT2D eigenvalue weighted by Gasteiger charge is -2.28. The van der Waals surface area contributed by atoms with Crippen LogP contribution in [0.2, 0.25) is 0 Å². The van der Waals surface area contributed by atoms with Gasteiger partial charge in [-0.2, -0.15) is 5.10 Å². The van der Waals surface area contributed by atoms with Gasteiger partial charge in [-0.1, -0.05) is 0 Å². The fraction of sp³-hybridized carbons (Fsp3) is 0.706. The number of amides is 1. The van der Waals surface area contributed by atoms with Crippen LogP contribution in [0.1, 0.15) is 37.1 Å². The number of fused-ring (bicyclic) bond motifs is 1. The number of ether oxygens (including phenoxy) is 2. The predicted octanol–water partition coefficient (Wildman–Crippen LogP) is 0.828. The molecule has 0 aliphatic carbocycles. The second-order valence-electron chi connectivity index (χ2n) is 6.56. The summed E-state index contributed by atoms with van der Waals surface area (Å²) in [7, 11) is 0. The zero-order chi connectivity index (χ0) is 17.6. The first kappa shape index (κ1) is 17.9. The van der Waals surface area contributed by atoms with Crippen molar-refractivity contribution >= 4 is 11.9 Å². The van der Waals surface area contributed by atoms with E-state index in [2.05, 4.69) is 5.10 Å². The molecule has 25 heavy (non-hydrogen) atoms. The van der Waals surface area contributed by atoms with Gasteiger partial charge in [-0.3, -0.25) is 14.3 Å². The van der Waals surface area contributed by atoms with Crippen molar-refractivity contribution in [1.29, 1.82) is 0 Å². The SMILES string of the molecule is O=C(O)CCc1cc2n(n1)CCN(C(=O)COCC1CCCCO1)C2. The van der Waals surface area contributed by atoms with Crippen molar-refractivity contribution in [2.75, 3.05) is 26.4 Å². The minimum atomic E-state index is -0.832. The van der Waals surface area contributed by atoms with Crippen molar-refractivity contribution in [2.45, 2.75) is 51.3 Å². The number of aliphatic carboxylic acids is 1. The fourth-order valence-electron chi connectivity index (χ4n) is 3.20. The Kier molecular flexibility index (Phi) is 6.04. The van der Waals surface area contributed by atoms with Crippen LogP contribution in [0.4, 0.5) is 0 Å². The summed E-state index contributed by atoms with van der Waals surface area (Å²) in [6.45, 7) is 3.02. The zero-order valence-corrected chi connectivity index (χ0v) is 14.4. The molecule has 0 aromatic carbocycles. The van der Waals surface area contributed by atoms with E-state index in [1.807, 2.05) is 10.7 Å². The summed E-state index contributed by atoms with van der Waals surface area (Å²) in [5.74, 6) is -0.864. The van der Waals surface area contributed by atoms with E-state index in [0.29, 0.717) is 32.7 Å². The molecule has 2 aliphatic heterocycles. The molecule has 0 bridgehead atoms. The third kappa shape index (κ3) is 5.02. The third-order valence-corrected chi connectivity index (χ3v) is 4.60. The largest absolute Gasteiger partial charge is 0.481 e. The second kappa shape index (κ2) is 8.44. The summed E-state index contributed by atoms with van der Waals surface area (Å²) in [6.07, 6.45) is 3.84. The molecule has 3 rings (SSSR count). The highest BCUT2D eigenvalue weighted by molar-refractivity contribution is 5.77. The van der Waals surface area contributed by atoms with Crippen LogP contribution in [0.15, 0.2) is 6.07 Å². The van der Waals surface area contributed by atoms with Gasteiger partial charge in [-0.25, -0.2) is 0 Å². The quantitative estimate of drug-likeness (QED) is 0.782. The standard InChI is InChI=1S/C17H25N3O5/c21-16(12-24-11-15-3-1-2-8-25-15)19-6-7-20-14(10-19)9-13(18-20)4-5-17(22)23/h9,15H,1-8,10-12H2,(H,22,23). The molecular weight excluding hydrogens is 326 g/mol. The van der Waals surface area contributed by atoms with E-state index >= 15 is 0 Å². The van der Waals surface area contributed by atoms with Crippen molar-refractivity contribution < 1.29 is 24.2 Å². The number of carboxylic acid groups (broad SMARTS) is 1. The number of carbonyl (C=O) groups excluding carboxylic acids is 1. The van der Waals surface area contributed by atoms with E-state index in [1.165, 1.54) is 0 Å². The van der Waals surface area contributed by atoms with Crippen LogP contribution in [0.5, 0.6) is 0 Å². The van der Waals surface area contributed by atoms with E-state index in [4.69, 9.17) is 14.6 Å². The summed E-state index contributed by atoms with van der Waals surface area (Å²) in [4.78, 5) is 24.7. The molecule has 1 saturated heterocycles. The maximum absolute atomic E-state index is 12.3. The number of rotatable bonds is 7. The number of carbonyl (C=O) groups is 2. The van der Waals surface area contributed by atoms with Crippen molar-refractivity contribution in [1.82, 2.24) is 14.7 Å². The molecule has 3 heterocycles. The van der Waals surface area contributed by atoms with Crippen LogP contribution in [-0.4, -0.2) is 64.1 Å². The lowest BCUT2D eigenvalue weighted by molar-refractivity contribution is -0.140. The van der Waals surface area contributed by atoms with Crippen LogP contribution in [-0.2, 0) is 38.6 Å². The zero-order valence-electron chi connectivity index (χ0n) is 14.4. The van der Waals surface area contributed by atoms with Gasteiger partial charge in [-0.05, 0) is 25.3 Å². The summed E-state index contributed by atoms with van der Waals surface area (Å²) < 4.78 is 13.0. The molecule has 1 aromatic rings. The summed E-state index contributed by atoms with van der Waals surface area (Å²) in [5, 5.41) is 13.2. The average molecular weight is 351 g/mol. The Morgan fingerprint density at radius 1 is 1.36 bits per heavy atom. The van der Waals surface area contributed by atoms with Crippen LogP contribution < -0.4 is 0 Å². The van der Waals surface area contributed by atoms with Crippen molar-refractivity contribution in [3.05, 3.63) is 17.5 Å². The minimum Gasteiger partial charge on any atom is -0.481 e. The van der Waals surface area contributed by atoms with Crippen molar-refractivity contribution in [3.63, 3.8) is 0 Å².